The number of rotatable bonds is 5. The average Bonchev–Trinajstić information content (AvgIpc) is 2.47. The summed E-state index contributed by atoms with van der Waals surface area (Å²) in [7, 11) is 1.55. The molecule has 0 bridgehead atoms. The molecule has 2 rings (SSSR count). The topological polar surface area (TPSA) is 54.5 Å². The minimum atomic E-state index is 0.0417. The first-order valence-electron chi connectivity index (χ1n) is 6.69. The Bertz CT molecular complexity index is 391. The van der Waals surface area contributed by atoms with Gasteiger partial charge in [-0.1, -0.05) is 6.07 Å². The Morgan fingerprint density at radius 3 is 3.16 bits per heavy atom. The van der Waals surface area contributed by atoms with Crippen LogP contribution in [-0.4, -0.2) is 48.6 Å². The summed E-state index contributed by atoms with van der Waals surface area (Å²) >= 11 is 0. The van der Waals surface area contributed by atoms with Crippen molar-refractivity contribution < 1.29 is 9.53 Å². The van der Waals surface area contributed by atoms with E-state index in [2.05, 4.69) is 10.3 Å². The maximum atomic E-state index is 12.2. The monoisotopic (exact) mass is 263 g/mol. The van der Waals surface area contributed by atoms with E-state index < -0.39 is 0 Å². The number of carbonyl (C=O) groups is 1. The van der Waals surface area contributed by atoms with Crippen LogP contribution in [0.4, 0.5) is 0 Å². The van der Waals surface area contributed by atoms with Crippen LogP contribution in [0, 0.1) is 0 Å². The lowest BCUT2D eigenvalue weighted by molar-refractivity contribution is -0.138. The summed E-state index contributed by atoms with van der Waals surface area (Å²) in [6, 6.07) is 4.14. The highest BCUT2D eigenvalue weighted by Crippen LogP contribution is 2.14. The van der Waals surface area contributed by atoms with Crippen molar-refractivity contribution in [3.8, 4) is 0 Å². The summed E-state index contributed by atoms with van der Waals surface area (Å²) in [6.07, 6.45) is 5.70. The Balaban J connectivity index is 2.06. The van der Waals surface area contributed by atoms with Crippen molar-refractivity contribution in [2.24, 2.45) is 0 Å². The molecule has 1 aliphatic rings. The minimum Gasteiger partial charge on any atom is -0.375 e. The second-order valence-electron chi connectivity index (χ2n) is 4.82. The lowest BCUT2D eigenvalue weighted by atomic mass is 10.0. The highest BCUT2D eigenvalue weighted by molar-refractivity contribution is 5.77. The molecular weight excluding hydrogens is 242 g/mol. The van der Waals surface area contributed by atoms with Crippen LogP contribution in [0.3, 0.4) is 0 Å². The first kappa shape index (κ1) is 14.0. The number of piperidine rings is 1. The van der Waals surface area contributed by atoms with Gasteiger partial charge in [0.25, 0.3) is 0 Å². The SMILES string of the molecule is COCC(=O)N(Cc1cccnc1)C1CCCNC1. The highest BCUT2D eigenvalue weighted by atomic mass is 16.5. The Hall–Kier alpha value is -1.46. The Kier molecular flexibility index (Phi) is 5.30. The molecule has 1 amide bonds. The molecule has 1 unspecified atom stereocenters. The number of hydrogen-bond donors (Lipinski definition) is 1. The zero-order valence-corrected chi connectivity index (χ0v) is 11.3. The van der Waals surface area contributed by atoms with Gasteiger partial charge in [-0.3, -0.25) is 9.78 Å². The van der Waals surface area contributed by atoms with E-state index >= 15 is 0 Å². The molecule has 1 aromatic heterocycles. The summed E-state index contributed by atoms with van der Waals surface area (Å²) in [5, 5.41) is 3.35. The number of methoxy groups -OCH3 is 1. The third kappa shape index (κ3) is 4.01. The van der Waals surface area contributed by atoms with Gasteiger partial charge in [0.1, 0.15) is 6.61 Å². The van der Waals surface area contributed by atoms with Gasteiger partial charge in [0, 0.05) is 38.6 Å². The second-order valence-corrected chi connectivity index (χ2v) is 4.82. The van der Waals surface area contributed by atoms with Crippen LogP contribution in [0.15, 0.2) is 24.5 Å². The fourth-order valence-electron chi connectivity index (χ4n) is 2.42. The van der Waals surface area contributed by atoms with Crippen LogP contribution in [0.2, 0.25) is 0 Å². The number of amides is 1. The van der Waals surface area contributed by atoms with E-state index in [0.717, 1.165) is 31.5 Å². The maximum absolute atomic E-state index is 12.2. The van der Waals surface area contributed by atoms with Crippen molar-refractivity contribution in [3.05, 3.63) is 30.1 Å². The van der Waals surface area contributed by atoms with Gasteiger partial charge in [-0.25, -0.2) is 0 Å². The Morgan fingerprint density at radius 1 is 1.63 bits per heavy atom. The van der Waals surface area contributed by atoms with Crippen LogP contribution >= 0.6 is 0 Å². The van der Waals surface area contributed by atoms with E-state index in [-0.39, 0.29) is 18.6 Å². The number of pyridine rings is 1. The standard InChI is InChI=1S/C14H21N3O2/c1-19-11-14(18)17(13-5-3-7-16-9-13)10-12-4-2-6-15-8-12/h2,4,6,8,13,16H,3,5,7,9-11H2,1H3. The van der Waals surface area contributed by atoms with Gasteiger partial charge in [0.2, 0.25) is 5.91 Å². The Labute approximate surface area is 114 Å². The highest BCUT2D eigenvalue weighted by Gasteiger charge is 2.25. The van der Waals surface area contributed by atoms with Crippen molar-refractivity contribution in [2.75, 3.05) is 26.8 Å². The molecular formula is C14H21N3O2. The third-order valence-corrected chi connectivity index (χ3v) is 3.38. The zero-order valence-electron chi connectivity index (χ0n) is 11.3. The van der Waals surface area contributed by atoms with E-state index in [9.17, 15) is 4.79 Å². The Morgan fingerprint density at radius 2 is 2.53 bits per heavy atom. The van der Waals surface area contributed by atoms with Crippen molar-refractivity contribution in [3.63, 3.8) is 0 Å². The predicted molar refractivity (Wildman–Crippen MR) is 72.6 cm³/mol. The number of aromatic nitrogens is 1. The summed E-state index contributed by atoms with van der Waals surface area (Å²) in [4.78, 5) is 18.2. The van der Waals surface area contributed by atoms with Crippen molar-refractivity contribution in [2.45, 2.75) is 25.4 Å². The molecule has 1 aromatic rings. The van der Waals surface area contributed by atoms with E-state index in [0.29, 0.717) is 6.54 Å². The van der Waals surface area contributed by atoms with Gasteiger partial charge in [0.05, 0.1) is 0 Å². The van der Waals surface area contributed by atoms with Crippen molar-refractivity contribution >= 4 is 5.91 Å². The molecule has 1 N–H and O–H groups in total. The minimum absolute atomic E-state index is 0.0417. The zero-order chi connectivity index (χ0) is 13.5. The fourth-order valence-corrected chi connectivity index (χ4v) is 2.42. The molecule has 104 valence electrons. The van der Waals surface area contributed by atoms with E-state index in [1.807, 2.05) is 23.2 Å². The lowest BCUT2D eigenvalue weighted by Gasteiger charge is -2.34. The lowest BCUT2D eigenvalue weighted by Crippen LogP contribution is -2.49. The van der Waals surface area contributed by atoms with Crippen LogP contribution in [-0.2, 0) is 16.1 Å². The number of carbonyl (C=O) groups excluding carboxylic acids is 1. The molecule has 0 aromatic carbocycles. The summed E-state index contributed by atoms with van der Waals surface area (Å²) in [5.74, 6) is 0.0417. The quantitative estimate of drug-likeness (QED) is 0.854. The number of hydrogen-bond acceptors (Lipinski definition) is 4. The molecule has 1 aliphatic heterocycles. The van der Waals surface area contributed by atoms with E-state index in [4.69, 9.17) is 4.74 Å². The molecule has 2 heterocycles. The number of ether oxygens (including phenoxy) is 1. The molecule has 5 heteroatoms. The number of nitrogens with zero attached hydrogens (tertiary/aromatic N) is 2. The molecule has 1 atom stereocenters. The summed E-state index contributed by atoms with van der Waals surface area (Å²) in [5.41, 5.74) is 1.05. The second kappa shape index (κ2) is 7.21. The molecule has 1 fully saturated rings. The fraction of sp³-hybridized carbons (Fsp3) is 0.571. The third-order valence-electron chi connectivity index (χ3n) is 3.38. The van der Waals surface area contributed by atoms with Gasteiger partial charge >= 0.3 is 0 Å². The molecule has 5 nitrogen and oxygen atoms in total. The average molecular weight is 263 g/mol. The normalized spacial score (nSPS) is 19.1. The van der Waals surface area contributed by atoms with Gasteiger partial charge in [-0.05, 0) is 31.0 Å². The molecule has 0 aliphatic carbocycles. The largest absolute Gasteiger partial charge is 0.375 e. The summed E-state index contributed by atoms with van der Waals surface area (Å²) in [6.45, 7) is 2.63. The van der Waals surface area contributed by atoms with E-state index in [1.165, 1.54) is 0 Å². The number of nitrogens with one attached hydrogen (secondary N) is 1. The van der Waals surface area contributed by atoms with Gasteiger partial charge < -0.3 is 15.0 Å². The van der Waals surface area contributed by atoms with Crippen LogP contribution in [0.5, 0.6) is 0 Å². The first-order chi connectivity index (χ1) is 9.31. The van der Waals surface area contributed by atoms with Gasteiger partial charge in [-0.2, -0.15) is 0 Å². The van der Waals surface area contributed by atoms with Crippen molar-refractivity contribution in [1.82, 2.24) is 15.2 Å². The molecule has 0 spiro atoms. The van der Waals surface area contributed by atoms with Gasteiger partial charge in [-0.15, -0.1) is 0 Å². The maximum Gasteiger partial charge on any atom is 0.249 e. The van der Waals surface area contributed by atoms with Crippen LogP contribution in [0.1, 0.15) is 18.4 Å². The first-order valence-corrected chi connectivity index (χ1v) is 6.69. The van der Waals surface area contributed by atoms with Gasteiger partial charge in [0.15, 0.2) is 0 Å². The summed E-state index contributed by atoms with van der Waals surface area (Å²) < 4.78 is 4.99. The van der Waals surface area contributed by atoms with Crippen LogP contribution in [0.25, 0.3) is 0 Å². The molecule has 0 radical (unpaired) electrons. The van der Waals surface area contributed by atoms with Crippen LogP contribution < -0.4 is 5.32 Å². The molecule has 1 saturated heterocycles. The molecule has 19 heavy (non-hydrogen) atoms. The predicted octanol–water partition coefficient (Wildman–Crippen LogP) is 0.809. The van der Waals surface area contributed by atoms with Crippen molar-refractivity contribution in [1.29, 1.82) is 0 Å². The molecule has 0 saturated carbocycles. The van der Waals surface area contributed by atoms with E-state index in [1.54, 1.807) is 13.3 Å². The smallest absolute Gasteiger partial charge is 0.249 e.